The first-order valence-corrected chi connectivity index (χ1v) is 9.92. The van der Waals surface area contributed by atoms with Crippen molar-refractivity contribution in [3.63, 3.8) is 0 Å². The van der Waals surface area contributed by atoms with E-state index >= 15 is 0 Å². The maximum atomic E-state index is 13.1. The minimum absolute atomic E-state index is 0.00673. The average molecular weight is 312 g/mol. The summed E-state index contributed by atoms with van der Waals surface area (Å²) in [5, 5.41) is 0. The Bertz CT molecular complexity index is 571. The van der Waals surface area contributed by atoms with Gasteiger partial charge in [0.25, 0.3) is 0 Å². The third-order valence-corrected chi connectivity index (χ3v) is 8.15. The van der Waals surface area contributed by atoms with Crippen LogP contribution in [0.2, 0.25) is 0 Å². The topological polar surface area (TPSA) is 17.1 Å². The molecule has 126 valence electrons. The number of hydrogen-bond acceptors (Lipinski definition) is 1. The smallest absolute Gasteiger partial charge is 0.142 e. The molecule has 0 bridgehead atoms. The van der Waals surface area contributed by atoms with Crippen LogP contribution in [-0.4, -0.2) is 5.78 Å². The lowest BCUT2D eigenvalue weighted by molar-refractivity contribution is -0.134. The fraction of sp³-hybridized carbons (Fsp3) is 0.773. The Morgan fingerprint density at radius 1 is 1.17 bits per heavy atom. The van der Waals surface area contributed by atoms with E-state index in [0.717, 1.165) is 31.1 Å². The van der Waals surface area contributed by atoms with E-state index in [1.807, 2.05) is 0 Å². The summed E-state index contributed by atoms with van der Waals surface area (Å²) >= 11 is 0. The van der Waals surface area contributed by atoms with Gasteiger partial charge in [-0.3, -0.25) is 4.79 Å². The number of carbonyl (C=O) groups is 1. The van der Waals surface area contributed by atoms with Crippen molar-refractivity contribution in [3.8, 4) is 0 Å². The van der Waals surface area contributed by atoms with Gasteiger partial charge in [0.15, 0.2) is 0 Å². The molecule has 0 amide bonds. The third-order valence-electron chi connectivity index (χ3n) is 8.15. The van der Waals surface area contributed by atoms with Gasteiger partial charge in [-0.1, -0.05) is 45.4 Å². The van der Waals surface area contributed by atoms with Gasteiger partial charge in [-0.05, 0) is 73.7 Å². The summed E-state index contributed by atoms with van der Waals surface area (Å²) in [6.07, 6.45) is 16.9. The van der Waals surface area contributed by atoms with Crippen molar-refractivity contribution < 1.29 is 4.79 Å². The van der Waals surface area contributed by atoms with Crippen LogP contribution in [0, 0.1) is 34.5 Å². The second-order valence-corrected chi connectivity index (χ2v) is 9.17. The van der Waals surface area contributed by atoms with Crippen molar-refractivity contribution in [1.29, 1.82) is 0 Å². The number of fused-ring (bicyclic) bond motifs is 5. The van der Waals surface area contributed by atoms with E-state index in [4.69, 9.17) is 0 Å². The first-order chi connectivity index (χ1) is 11.0. The van der Waals surface area contributed by atoms with Gasteiger partial charge >= 0.3 is 0 Å². The molecule has 2 saturated carbocycles. The molecule has 0 saturated heterocycles. The summed E-state index contributed by atoms with van der Waals surface area (Å²) in [5.74, 6) is 3.17. The molecule has 0 unspecified atom stereocenters. The zero-order valence-corrected chi connectivity index (χ0v) is 15.1. The number of allylic oxidation sites excluding steroid dienone is 4. The molecule has 1 heteroatoms. The van der Waals surface area contributed by atoms with E-state index in [1.165, 1.54) is 32.1 Å². The summed E-state index contributed by atoms with van der Waals surface area (Å²) in [6.45, 7) is 7.06. The molecule has 6 atom stereocenters. The summed E-state index contributed by atoms with van der Waals surface area (Å²) in [5.41, 5.74) is 1.97. The van der Waals surface area contributed by atoms with Crippen molar-refractivity contribution in [3.05, 3.63) is 23.8 Å². The fourth-order valence-corrected chi connectivity index (χ4v) is 6.84. The fourth-order valence-electron chi connectivity index (χ4n) is 6.84. The SMILES string of the molecule is CCC[C@@H]1C[C@H]2[C@@H]3CC=C4C=CCC[C@]4(C)[C@H]3CC[C@]2(C)C1=O. The third kappa shape index (κ3) is 2.07. The summed E-state index contributed by atoms with van der Waals surface area (Å²) < 4.78 is 0. The monoisotopic (exact) mass is 312 g/mol. The second kappa shape index (κ2) is 5.33. The predicted molar refractivity (Wildman–Crippen MR) is 95.0 cm³/mol. The van der Waals surface area contributed by atoms with Crippen LogP contribution in [0.15, 0.2) is 23.8 Å². The second-order valence-electron chi connectivity index (χ2n) is 9.17. The molecule has 4 aliphatic carbocycles. The lowest BCUT2D eigenvalue weighted by Gasteiger charge is -2.55. The van der Waals surface area contributed by atoms with Crippen LogP contribution in [0.25, 0.3) is 0 Å². The lowest BCUT2D eigenvalue weighted by Crippen LogP contribution is -2.49. The van der Waals surface area contributed by atoms with Crippen LogP contribution in [0.3, 0.4) is 0 Å². The van der Waals surface area contributed by atoms with E-state index in [-0.39, 0.29) is 5.41 Å². The van der Waals surface area contributed by atoms with Crippen LogP contribution >= 0.6 is 0 Å². The normalized spacial score (nSPS) is 48.5. The quantitative estimate of drug-likeness (QED) is 0.638. The Balaban J connectivity index is 1.68. The number of Topliss-reactive ketones (excluding diaryl/α,β-unsaturated/α-hetero) is 1. The van der Waals surface area contributed by atoms with E-state index < -0.39 is 0 Å². The van der Waals surface area contributed by atoms with Crippen LogP contribution in [-0.2, 0) is 4.79 Å². The number of ketones is 1. The molecule has 0 aromatic rings. The highest BCUT2D eigenvalue weighted by Gasteiger charge is 2.60. The molecule has 0 spiro atoms. The summed E-state index contributed by atoms with van der Waals surface area (Å²) in [4.78, 5) is 13.1. The Hall–Kier alpha value is -0.850. The molecule has 1 nitrogen and oxygen atoms in total. The first kappa shape index (κ1) is 15.7. The number of carbonyl (C=O) groups excluding carboxylic acids is 1. The van der Waals surface area contributed by atoms with Gasteiger partial charge in [0, 0.05) is 11.3 Å². The summed E-state index contributed by atoms with van der Waals surface area (Å²) in [7, 11) is 0. The highest BCUT2D eigenvalue weighted by Crippen LogP contribution is 2.64. The maximum Gasteiger partial charge on any atom is 0.142 e. The maximum absolute atomic E-state index is 13.1. The molecule has 0 N–H and O–H groups in total. The molecule has 0 aliphatic heterocycles. The van der Waals surface area contributed by atoms with E-state index in [1.54, 1.807) is 5.57 Å². The molecule has 0 aromatic carbocycles. The van der Waals surface area contributed by atoms with Crippen LogP contribution in [0.1, 0.15) is 72.1 Å². The van der Waals surface area contributed by atoms with Crippen molar-refractivity contribution in [2.45, 2.75) is 72.1 Å². The van der Waals surface area contributed by atoms with E-state index in [0.29, 0.717) is 23.0 Å². The number of hydrogen-bond donors (Lipinski definition) is 0. The molecular formula is C22H32O. The minimum atomic E-state index is -0.00673. The Kier molecular flexibility index (Phi) is 3.63. The first-order valence-electron chi connectivity index (χ1n) is 9.92. The van der Waals surface area contributed by atoms with E-state index in [9.17, 15) is 4.79 Å². The molecule has 4 aliphatic rings. The molecule has 0 radical (unpaired) electrons. The standard InChI is InChI=1S/C22H32O/c1-4-7-15-14-19-17-10-9-16-8-5-6-12-21(16,2)18(17)11-13-22(19,3)20(15)23/h5,8-9,15,17-19H,4,6-7,10-14H2,1-3H3/t15-,17-,18+,19+,21+,22+/m1/s1. The number of rotatable bonds is 2. The molecule has 0 aromatic heterocycles. The van der Waals surface area contributed by atoms with Gasteiger partial charge in [-0.15, -0.1) is 0 Å². The van der Waals surface area contributed by atoms with Crippen molar-refractivity contribution >= 4 is 5.78 Å². The van der Waals surface area contributed by atoms with Crippen molar-refractivity contribution in [1.82, 2.24) is 0 Å². The average Bonchev–Trinajstić information content (AvgIpc) is 2.79. The van der Waals surface area contributed by atoms with Crippen LogP contribution in [0.4, 0.5) is 0 Å². The highest BCUT2D eigenvalue weighted by molar-refractivity contribution is 5.89. The van der Waals surface area contributed by atoms with Gasteiger partial charge in [0.2, 0.25) is 0 Å². The van der Waals surface area contributed by atoms with Crippen molar-refractivity contribution in [2.75, 3.05) is 0 Å². The molecule has 4 rings (SSSR count). The summed E-state index contributed by atoms with van der Waals surface area (Å²) in [6, 6.07) is 0. The van der Waals surface area contributed by atoms with Crippen molar-refractivity contribution in [2.24, 2.45) is 34.5 Å². The van der Waals surface area contributed by atoms with Gasteiger partial charge in [-0.25, -0.2) is 0 Å². The Labute approximate surface area is 141 Å². The zero-order valence-electron chi connectivity index (χ0n) is 15.1. The Morgan fingerprint density at radius 2 is 2.00 bits per heavy atom. The van der Waals surface area contributed by atoms with Gasteiger partial charge in [-0.2, -0.15) is 0 Å². The zero-order chi connectivity index (χ0) is 16.2. The molecule has 23 heavy (non-hydrogen) atoms. The molecular weight excluding hydrogens is 280 g/mol. The largest absolute Gasteiger partial charge is 0.299 e. The van der Waals surface area contributed by atoms with Gasteiger partial charge in [0.1, 0.15) is 5.78 Å². The van der Waals surface area contributed by atoms with E-state index in [2.05, 4.69) is 39.0 Å². The van der Waals surface area contributed by atoms with Crippen LogP contribution in [0.5, 0.6) is 0 Å². The van der Waals surface area contributed by atoms with Gasteiger partial charge in [0.05, 0.1) is 0 Å². The highest BCUT2D eigenvalue weighted by atomic mass is 16.1. The predicted octanol–water partition coefficient (Wildman–Crippen LogP) is 5.71. The lowest BCUT2D eigenvalue weighted by atomic mass is 9.49. The molecule has 2 fully saturated rings. The Morgan fingerprint density at radius 3 is 2.78 bits per heavy atom. The van der Waals surface area contributed by atoms with Gasteiger partial charge < -0.3 is 0 Å². The van der Waals surface area contributed by atoms with Crippen LogP contribution < -0.4 is 0 Å². The minimum Gasteiger partial charge on any atom is -0.299 e. The molecule has 0 heterocycles.